The van der Waals surface area contributed by atoms with E-state index in [1.54, 1.807) is 11.3 Å². The summed E-state index contributed by atoms with van der Waals surface area (Å²) < 4.78 is 0. The van der Waals surface area contributed by atoms with Crippen LogP contribution in [-0.2, 0) is 6.42 Å². The highest BCUT2D eigenvalue weighted by atomic mass is 32.1. The van der Waals surface area contributed by atoms with E-state index in [2.05, 4.69) is 22.1 Å². The Morgan fingerprint density at radius 1 is 1.50 bits per heavy atom. The topological polar surface area (TPSA) is 93.6 Å². The number of aryl methyl sites for hydroxylation is 1. The molecule has 2 aromatic rings. The number of H-pyrrole nitrogens is 1. The summed E-state index contributed by atoms with van der Waals surface area (Å²) in [6.45, 7) is 2.09. The van der Waals surface area contributed by atoms with E-state index in [0.29, 0.717) is 5.82 Å². The summed E-state index contributed by atoms with van der Waals surface area (Å²) in [5, 5.41) is 7.25. The highest BCUT2D eigenvalue weighted by Gasteiger charge is 2.10. The van der Waals surface area contributed by atoms with Crippen molar-refractivity contribution in [3.8, 4) is 11.4 Å². The number of nitrogen functional groups attached to an aromatic ring is 2. The molecule has 0 saturated carbocycles. The molecule has 5 N–H and O–H groups in total. The van der Waals surface area contributed by atoms with Crippen LogP contribution in [0.25, 0.3) is 11.4 Å². The third kappa shape index (κ3) is 1.44. The van der Waals surface area contributed by atoms with Gasteiger partial charge in [-0.3, -0.25) is 5.10 Å². The van der Waals surface area contributed by atoms with Gasteiger partial charge < -0.3 is 11.5 Å². The van der Waals surface area contributed by atoms with Crippen LogP contribution in [-0.4, -0.2) is 15.2 Å². The molecule has 2 rings (SSSR count). The molecular formula is C8H11N5S. The van der Waals surface area contributed by atoms with Crippen molar-refractivity contribution in [2.45, 2.75) is 13.3 Å². The van der Waals surface area contributed by atoms with Gasteiger partial charge in [0.15, 0.2) is 5.82 Å². The normalized spacial score (nSPS) is 10.6. The Bertz CT molecular complexity index is 444. The number of nitrogens with one attached hydrogen (secondary N) is 1. The lowest BCUT2D eigenvalue weighted by molar-refractivity contribution is 1.10. The number of hydrogen-bond acceptors (Lipinski definition) is 5. The largest absolute Gasteiger partial charge is 0.390 e. The highest BCUT2D eigenvalue weighted by molar-refractivity contribution is 7.16. The van der Waals surface area contributed by atoms with Crippen molar-refractivity contribution < 1.29 is 0 Å². The number of aromatic amines is 1. The average molecular weight is 209 g/mol. The molecule has 0 aromatic carbocycles. The van der Waals surface area contributed by atoms with Crippen LogP contribution in [0.2, 0.25) is 0 Å². The molecule has 0 amide bonds. The fraction of sp³-hybridized carbons (Fsp3) is 0.250. The van der Waals surface area contributed by atoms with Gasteiger partial charge in [-0.05, 0) is 12.5 Å². The maximum atomic E-state index is 5.85. The Morgan fingerprint density at radius 3 is 2.79 bits per heavy atom. The lowest BCUT2D eigenvalue weighted by Crippen LogP contribution is -1.86. The molecule has 74 valence electrons. The molecule has 0 aliphatic rings. The molecule has 0 fully saturated rings. The Morgan fingerprint density at radius 2 is 2.29 bits per heavy atom. The first-order valence-electron chi connectivity index (χ1n) is 4.27. The fourth-order valence-electron chi connectivity index (χ4n) is 1.21. The van der Waals surface area contributed by atoms with E-state index in [9.17, 15) is 0 Å². The molecule has 2 heterocycles. The third-order valence-electron chi connectivity index (χ3n) is 1.92. The number of rotatable bonds is 2. The first-order valence-corrected chi connectivity index (χ1v) is 5.08. The van der Waals surface area contributed by atoms with E-state index in [0.717, 1.165) is 17.0 Å². The molecule has 14 heavy (non-hydrogen) atoms. The molecule has 0 spiro atoms. The lowest BCUT2D eigenvalue weighted by Gasteiger charge is -1.90. The number of thiophene rings is 1. The van der Waals surface area contributed by atoms with E-state index in [4.69, 9.17) is 11.5 Å². The van der Waals surface area contributed by atoms with Gasteiger partial charge in [-0.25, -0.2) is 0 Å². The Balaban J connectivity index is 2.45. The van der Waals surface area contributed by atoms with Gasteiger partial charge in [-0.2, -0.15) is 4.98 Å². The van der Waals surface area contributed by atoms with Crippen molar-refractivity contribution in [1.29, 1.82) is 0 Å². The van der Waals surface area contributed by atoms with Crippen LogP contribution in [0.5, 0.6) is 0 Å². The second-order valence-corrected chi connectivity index (χ2v) is 4.05. The van der Waals surface area contributed by atoms with Crippen LogP contribution in [0, 0.1) is 0 Å². The van der Waals surface area contributed by atoms with Crippen LogP contribution >= 0.6 is 11.3 Å². The van der Waals surface area contributed by atoms with E-state index >= 15 is 0 Å². The third-order valence-corrected chi connectivity index (χ3v) is 3.03. The van der Waals surface area contributed by atoms with Gasteiger partial charge in [0.25, 0.3) is 0 Å². The zero-order valence-electron chi connectivity index (χ0n) is 7.74. The summed E-state index contributed by atoms with van der Waals surface area (Å²) in [5.74, 6) is 0.875. The number of nitrogens with two attached hydrogens (primary N) is 2. The average Bonchev–Trinajstić information content (AvgIpc) is 2.71. The first-order chi connectivity index (χ1) is 6.70. The second-order valence-electron chi connectivity index (χ2n) is 2.89. The first kappa shape index (κ1) is 9.01. The molecule has 0 bridgehead atoms. The zero-order chi connectivity index (χ0) is 10.1. The summed E-state index contributed by atoms with van der Waals surface area (Å²) >= 11 is 1.57. The highest BCUT2D eigenvalue weighted by Crippen LogP contribution is 2.32. The quantitative estimate of drug-likeness (QED) is 0.694. The molecule has 0 atom stereocenters. The molecule has 0 saturated heterocycles. The van der Waals surface area contributed by atoms with E-state index in [-0.39, 0.29) is 5.95 Å². The molecule has 0 radical (unpaired) electrons. The van der Waals surface area contributed by atoms with Crippen LogP contribution in [0.15, 0.2) is 6.07 Å². The predicted octanol–water partition coefficient (Wildman–Crippen LogP) is 1.26. The van der Waals surface area contributed by atoms with Gasteiger partial charge in [-0.15, -0.1) is 16.4 Å². The Kier molecular flexibility index (Phi) is 2.12. The molecule has 2 aromatic heterocycles. The fourth-order valence-corrected chi connectivity index (χ4v) is 2.08. The smallest absolute Gasteiger partial charge is 0.239 e. The van der Waals surface area contributed by atoms with E-state index in [1.807, 2.05) is 6.07 Å². The minimum absolute atomic E-state index is 0.239. The summed E-state index contributed by atoms with van der Waals surface area (Å²) in [5.41, 5.74) is 12.1. The maximum absolute atomic E-state index is 5.85. The Labute approximate surface area is 85.2 Å². The van der Waals surface area contributed by atoms with Crippen molar-refractivity contribution in [2.24, 2.45) is 0 Å². The number of aromatic nitrogens is 3. The minimum atomic E-state index is 0.239. The summed E-state index contributed by atoms with van der Waals surface area (Å²) in [6, 6.07) is 2.01. The molecule has 0 aliphatic carbocycles. The number of nitrogens with zero attached hydrogens (tertiary/aromatic N) is 2. The maximum Gasteiger partial charge on any atom is 0.239 e. The van der Waals surface area contributed by atoms with Crippen LogP contribution in [0.1, 0.15) is 11.8 Å². The number of hydrogen-bond donors (Lipinski definition) is 3. The minimum Gasteiger partial charge on any atom is -0.390 e. The van der Waals surface area contributed by atoms with Gasteiger partial charge in [0, 0.05) is 4.88 Å². The molecule has 5 nitrogen and oxygen atoms in total. The van der Waals surface area contributed by atoms with Crippen molar-refractivity contribution >= 4 is 22.3 Å². The van der Waals surface area contributed by atoms with Crippen molar-refractivity contribution in [3.63, 3.8) is 0 Å². The Hall–Kier alpha value is -1.56. The van der Waals surface area contributed by atoms with Gasteiger partial charge in [0.2, 0.25) is 5.95 Å². The van der Waals surface area contributed by atoms with Crippen LogP contribution in [0.3, 0.4) is 0 Å². The molecule has 0 aliphatic heterocycles. The van der Waals surface area contributed by atoms with Gasteiger partial charge >= 0.3 is 0 Å². The van der Waals surface area contributed by atoms with Crippen molar-refractivity contribution in [1.82, 2.24) is 15.2 Å². The summed E-state index contributed by atoms with van der Waals surface area (Å²) in [6.07, 6.45) is 0.971. The SMILES string of the molecule is CCc1cc(-c2nc(N)n[nH]2)c(N)s1. The van der Waals surface area contributed by atoms with Gasteiger partial charge in [-0.1, -0.05) is 6.92 Å². The van der Waals surface area contributed by atoms with Crippen LogP contribution in [0.4, 0.5) is 10.9 Å². The molecule has 6 heteroatoms. The molecular weight excluding hydrogens is 198 g/mol. The van der Waals surface area contributed by atoms with E-state index < -0.39 is 0 Å². The lowest BCUT2D eigenvalue weighted by atomic mass is 10.2. The summed E-state index contributed by atoms with van der Waals surface area (Å²) in [4.78, 5) is 5.26. The summed E-state index contributed by atoms with van der Waals surface area (Å²) in [7, 11) is 0. The van der Waals surface area contributed by atoms with Crippen LogP contribution < -0.4 is 11.5 Å². The van der Waals surface area contributed by atoms with E-state index in [1.165, 1.54) is 4.88 Å². The van der Waals surface area contributed by atoms with Crippen molar-refractivity contribution in [3.05, 3.63) is 10.9 Å². The van der Waals surface area contributed by atoms with Gasteiger partial charge in [0.1, 0.15) is 0 Å². The van der Waals surface area contributed by atoms with Crippen molar-refractivity contribution in [2.75, 3.05) is 11.5 Å². The predicted molar refractivity (Wildman–Crippen MR) is 57.9 cm³/mol. The second kappa shape index (κ2) is 3.30. The van der Waals surface area contributed by atoms with Gasteiger partial charge in [0.05, 0.1) is 10.6 Å². The monoisotopic (exact) mass is 209 g/mol. The number of anilines is 2. The standard InChI is InChI=1S/C8H11N5S/c1-2-4-3-5(6(9)14-4)7-11-8(10)13-12-7/h3H,2,9H2,1H3,(H3,10,11,12,13). The zero-order valence-corrected chi connectivity index (χ0v) is 8.56. The molecule has 0 unspecified atom stereocenters.